The number of hydrogen-bond donors (Lipinski definition) is 4. The third kappa shape index (κ3) is 3.49. The molecule has 5 heteroatoms. The van der Waals surface area contributed by atoms with Crippen LogP contribution in [0.1, 0.15) is 36.8 Å². The minimum atomic E-state index is 0.129. The SMILES string of the molecule is N/C(=N/O)c1ccccc1CNC1CCCCC1CO. The number of hydrogen-bond acceptors (Lipinski definition) is 4. The Morgan fingerprint density at radius 2 is 2.05 bits per heavy atom. The van der Waals surface area contributed by atoms with Gasteiger partial charge in [0.05, 0.1) is 0 Å². The lowest BCUT2D eigenvalue weighted by atomic mass is 9.85. The number of aliphatic hydroxyl groups excluding tert-OH is 1. The highest BCUT2D eigenvalue weighted by Gasteiger charge is 2.24. The molecule has 2 atom stereocenters. The fourth-order valence-electron chi connectivity index (χ4n) is 2.91. The molecular formula is C15H23N3O2. The summed E-state index contributed by atoms with van der Waals surface area (Å²) in [7, 11) is 0. The molecule has 1 fully saturated rings. The Bertz CT molecular complexity index is 462. The minimum Gasteiger partial charge on any atom is -0.409 e. The number of nitrogens with two attached hydrogens (primary N) is 1. The van der Waals surface area contributed by atoms with E-state index in [9.17, 15) is 5.11 Å². The molecule has 0 heterocycles. The summed E-state index contributed by atoms with van der Waals surface area (Å²) in [5.41, 5.74) is 7.44. The average molecular weight is 277 g/mol. The standard InChI is InChI=1S/C15H23N3O2/c16-15(18-20)13-7-3-1-5-11(13)9-17-14-8-4-2-6-12(14)10-19/h1,3,5,7,12,14,17,19-20H,2,4,6,8-10H2,(H2,16,18). The van der Waals surface area contributed by atoms with Crippen molar-refractivity contribution < 1.29 is 10.3 Å². The van der Waals surface area contributed by atoms with E-state index in [2.05, 4.69) is 10.5 Å². The first kappa shape index (κ1) is 14.8. The summed E-state index contributed by atoms with van der Waals surface area (Å²) in [4.78, 5) is 0. The summed E-state index contributed by atoms with van der Waals surface area (Å²) < 4.78 is 0. The van der Waals surface area contributed by atoms with Crippen molar-refractivity contribution in [2.24, 2.45) is 16.8 Å². The van der Waals surface area contributed by atoms with Crippen LogP contribution < -0.4 is 11.1 Å². The summed E-state index contributed by atoms with van der Waals surface area (Å²) in [5, 5.41) is 24.8. The van der Waals surface area contributed by atoms with Crippen molar-refractivity contribution in [3.63, 3.8) is 0 Å². The highest BCUT2D eigenvalue weighted by atomic mass is 16.4. The Morgan fingerprint density at radius 3 is 2.80 bits per heavy atom. The quantitative estimate of drug-likeness (QED) is 0.283. The van der Waals surface area contributed by atoms with Gasteiger partial charge in [-0.3, -0.25) is 0 Å². The van der Waals surface area contributed by atoms with Crippen LogP contribution in [0.4, 0.5) is 0 Å². The van der Waals surface area contributed by atoms with Crippen molar-refractivity contribution >= 4 is 5.84 Å². The molecule has 20 heavy (non-hydrogen) atoms. The van der Waals surface area contributed by atoms with Crippen LogP contribution in [0.25, 0.3) is 0 Å². The largest absolute Gasteiger partial charge is 0.409 e. The van der Waals surface area contributed by atoms with Crippen LogP contribution in [0.15, 0.2) is 29.4 Å². The van der Waals surface area contributed by atoms with E-state index in [4.69, 9.17) is 10.9 Å². The van der Waals surface area contributed by atoms with E-state index >= 15 is 0 Å². The highest BCUT2D eigenvalue weighted by molar-refractivity contribution is 5.98. The highest BCUT2D eigenvalue weighted by Crippen LogP contribution is 2.24. The van der Waals surface area contributed by atoms with Gasteiger partial charge in [0.15, 0.2) is 5.84 Å². The van der Waals surface area contributed by atoms with Gasteiger partial charge in [0.1, 0.15) is 0 Å². The topological polar surface area (TPSA) is 90.9 Å². The molecule has 0 aromatic heterocycles. The molecule has 1 saturated carbocycles. The van der Waals surface area contributed by atoms with Gasteiger partial charge in [-0.25, -0.2) is 0 Å². The maximum absolute atomic E-state index is 9.43. The zero-order valence-corrected chi connectivity index (χ0v) is 11.6. The van der Waals surface area contributed by atoms with Gasteiger partial charge < -0.3 is 21.4 Å². The molecule has 1 aromatic rings. The number of nitrogens with zero attached hydrogens (tertiary/aromatic N) is 1. The van der Waals surface area contributed by atoms with Crippen molar-refractivity contribution in [1.29, 1.82) is 0 Å². The molecule has 1 aliphatic rings. The lowest BCUT2D eigenvalue weighted by Gasteiger charge is -2.31. The van der Waals surface area contributed by atoms with Gasteiger partial charge in [-0.1, -0.05) is 42.3 Å². The van der Waals surface area contributed by atoms with E-state index in [0.29, 0.717) is 18.5 Å². The third-order valence-corrected chi connectivity index (χ3v) is 4.10. The molecule has 5 N–H and O–H groups in total. The molecular weight excluding hydrogens is 254 g/mol. The maximum atomic E-state index is 9.43. The van der Waals surface area contributed by atoms with Crippen LogP contribution in [0.5, 0.6) is 0 Å². The number of amidine groups is 1. The molecule has 2 rings (SSSR count). The van der Waals surface area contributed by atoms with Gasteiger partial charge in [-0.05, 0) is 24.3 Å². The number of oxime groups is 1. The Labute approximate surface area is 119 Å². The molecule has 1 aromatic carbocycles. The molecule has 5 nitrogen and oxygen atoms in total. The smallest absolute Gasteiger partial charge is 0.170 e. The monoisotopic (exact) mass is 277 g/mol. The molecule has 0 radical (unpaired) electrons. The lowest BCUT2D eigenvalue weighted by Crippen LogP contribution is -2.40. The Hall–Kier alpha value is -1.59. The molecule has 110 valence electrons. The summed E-state index contributed by atoms with van der Waals surface area (Å²) in [6.45, 7) is 0.896. The lowest BCUT2D eigenvalue weighted by molar-refractivity contribution is 0.152. The molecule has 2 unspecified atom stereocenters. The van der Waals surface area contributed by atoms with E-state index in [1.54, 1.807) is 0 Å². The molecule has 0 spiro atoms. The van der Waals surface area contributed by atoms with Crippen LogP contribution in [0.2, 0.25) is 0 Å². The summed E-state index contributed by atoms with van der Waals surface area (Å²) in [6.07, 6.45) is 4.58. The van der Waals surface area contributed by atoms with E-state index < -0.39 is 0 Å². The second kappa shape index (κ2) is 7.26. The first-order valence-corrected chi connectivity index (χ1v) is 7.16. The van der Waals surface area contributed by atoms with Gasteiger partial charge in [0, 0.05) is 24.8 Å². The second-order valence-electron chi connectivity index (χ2n) is 5.36. The van der Waals surface area contributed by atoms with Gasteiger partial charge in [-0.2, -0.15) is 0 Å². The molecule has 0 saturated heterocycles. The van der Waals surface area contributed by atoms with Gasteiger partial charge in [0.2, 0.25) is 0 Å². The van der Waals surface area contributed by atoms with E-state index in [1.807, 2.05) is 24.3 Å². The maximum Gasteiger partial charge on any atom is 0.170 e. The van der Waals surface area contributed by atoms with Crippen molar-refractivity contribution in [2.45, 2.75) is 38.3 Å². The average Bonchev–Trinajstić information content (AvgIpc) is 2.52. The number of rotatable bonds is 5. The first-order valence-electron chi connectivity index (χ1n) is 7.16. The molecule has 0 bridgehead atoms. The zero-order chi connectivity index (χ0) is 14.4. The Balaban J connectivity index is 2.03. The molecule has 0 aliphatic heterocycles. The van der Waals surface area contributed by atoms with Crippen LogP contribution in [-0.4, -0.2) is 28.8 Å². The van der Waals surface area contributed by atoms with Gasteiger partial charge in [-0.15, -0.1) is 0 Å². The van der Waals surface area contributed by atoms with Crippen LogP contribution in [0, 0.1) is 5.92 Å². The minimum absolute atomic E-state index is 0.129. The van der Waals surface area contributed by atoms with Crippen molar-refractivity contribution in [1.82, 2.24) is 5.32 Å². The van der Waals surface area contributed by atoms with Crippen molar-refractivity contribution in [2.75, 3.05) is 6.61 Å². The number of aliphatic hydroxyl groups is 1. The number of nitrogens with one attached hydrogen (secondary N) is 1. The van der Waals surface area contributed by atoms with Crippen molar-refractivity contribution in [3.05, 3.63) is 35.4 Å². The normalized spacial score (nSPS) is 23.8. The number of benzene rings is 1. The summed E-state index contributed by atoms with van der Waals surface area (Å²) >= 11 is 0. The summed E-state index contributed by atoms with van der Waals surface area (Å²) in [6, 6.07) is 7.96. The van der Waals surface area contributed by atoms with Crippen LogP contribution in [0.3, 0.4) is 0 Å². The molecule has 0 amide bonds. The van der Waals surface area contributed by atoms with Gasteiger partial charge in [0.25, 0.3) is 0 Å². The predicted molar refractivity (Wildman–Crippen MR) is 78.6 cm³/mol. The van der Waals surface area contributed by atoms with E-state index in [1.165, 1.54) is 12.8 Å². The van der Waals surface area contributed by atoms with Crippen molar-refractivity contribution in [3.8, 4) is 0 Å². The third-order valence-electron chi connectivity index (χ3n) is 4.10. The van der Waals surface area contributed by atoms with Crippen LogP contribution in [-0.2, 0) is 6.54 Å². The zero-order valence-electron chi connectivity index (χ0n) is 11.6. The van der Waals surface area contributed by atoms with E-state index in [-0.39, 0.29) is 12.4 Å². The first-order chi connectivity index (χ1) is 9.76. The second-order valence-corrected chi connectivity index (χ2v) is 5.36. The van der Waals surface area contributed by atoms with E-state index in [0.717, 1.165) is 24.0 Å². The Morgan fingerprint density at radius 1 is 1.30 bits per heavy atom. The predicted octanol–water partition coefficient (Wildman–Crippen LogP) is 1.42. The molecule has 1 aliphatic carbocycles. The van der Waals surface area contributed by atoms with Crippen LogP contribution >= 0.6 is 0 Å². The Kier molecular flexibility index (Phi) is 5.38. The summed E-state index contributed by atoms with van der Waals surface area (Å²) in [5.74, 6) is 0.463. The van der Waals surface area contributed by atoms with Gasteiger partial charge >= 0.3 is 0 Å². The fraction of sp³-hybridized carbons (Fsp3) is 0.533. The fourth-order valence-corrected chi connectivity index (χ4v) is 2.91.